The summed E-state index contributed by atoms with van der Waals surface area (Å²) in [7, 11) is -1.78. The molecule has 4 rings (SSSR count). The van der Waals surface area contributed by atoms with Crippen LogP contribution in [0.5, 0.6) is 11.5 Å². The average molecular weight is 462 g/mol. The summed E-state index contributed by atoms with van der Waals surface area (Å²) in [5.74, 6) is 1.19. The monoisotopic (exact) mass is 461 g/mol. The summed E-state index contributed by atoms with van der Waals surface area (Å²) >= 11 is 0. The fourth-order valence-corrected chi connectivity index (χ4v) is 5.04. The summed E-state index contributed by atoms with van der Waals surface area (Å²) in [6.07, 6.45) is 0. The first kappa shape index (κ1) is 22.5. The van der Waals surface area contributed by atoms with Crippen LogP contribution in [0, 0.1) is 0 Å². The third kappa shape index (κ3) is 4.88. The van der Waals surface area contributed by atoms with Gasteiger partial charge in [-0.15, -0.1) is 0 Å². The first-order valence-corrected chi connectivity index (χ1v) is 11.9. The van der Waals surface area contributed by atoms with Crippen molar-refractivity contribution in [3.8, 4) is 11.5 Å². The molecule has 1 atom stereocenters. The summed E-state index contributed by atoms with van der Waals surface area (Å²) in [6.45, 7) is 3.95. The second kappa shape index (κ2) is 9.45. The number of sulfonamides is 1. The Morgan fingerprint density at radius 2 is 1.88 bits per heavy atom. The minimum absolute atomic E-state index is 0.151. The molecule has 2 aromatic carbocycles. The van der Waals surface area contributed by atoms with E-state index in [1.807, 2.05) is 30.1 Å². The number of hydrogen-bond donors (Lipinski definition) is 1. The van der Waals surface area contributed by atoms with Gasteiger partial charge in [0.05, 0.1) is 24.2 Å². The lowest BCUT2D eigenvalue weighted by molar-refractivity contribution is -0.120. The van der Waals surface area contributed by atoms with Crippen molar-refractivity contribution < 1.29 is 27.4 Å². The molecule has 1 fully saturated rings. The highest BCUT2D eigenvalue weighted by Gasteiger charge is 2.27. The molecule has 1 N–H and O–H groups in total. The number of hydrogen-bond acceptors (Lipinski definition) is 7. The Morgan fingerprint density at radius 3 is 2.66 bits per heavy atom. The van der Waals surface area contributed by atoms with Crippen LogP contribution in [-0.2, 0) is 26.1 Å². The molecule has 0 bridgehead atoms. The summed E-state index contributed by atoms with van der Waals surface area (Å²) in [6, 6.07) is 11.6. The standard InChI is InChI=1S/C22H27N3O6S/c1-16(24(2)14-17-6-7-20-21(12-17)31-15-30-20)22(26)23-18-4-3-5-19(13-18)32(27,28)25-8-10-29-11-9-25/h3-7,12-13,16H,8-11,14-15H2,1-2H3,(H,23,26)/t16-/m1/s1. The molecule has 10 heteroatoms. The zero-order valence-electron chi connectivity index (χ0n) is 18.1. The highest BCUT2D eigenvalue weighted by Crippen LogP contribution is 2.32. The van der Waals surface area contributed by atoms with Gasteiger partial charge in [-0.05, 0) is 49.9 Å². The van der Waals surface area contributed by atoms with Crippen LogP contribution in [0.15, 0.2) is 47.4 Å². The molecule has 0 aromatic heterocycles. The first-order chi connectivity index (χ1) is 15.3. The van der Waals surface area contributed by atoms with Gasteiger partial charge >= 0.3 is 0 Å². The minimum Gasteiger partial charge on any atom is -0.454 e. The number of morpholine rings is 1. The predicted molar refractivity (Wildman–Crippen MR) is 118 cm³/mol. The fraction of sp³-hybridized carbons (Fsp3) is 0.409. The third-order valence-corrected chi connectivity index (χ3v) is 7.51. The highest BCUT2D eigenvalue weighted by molar-refractivity contribution is 7.89. The van der Waals surface area contributed by atoms with Crippen LogP contribution >= 0.6 is 0 Å². The number of ether oxygens (including phenoxy) is 3. The van der Waals surface area contributed by atoms with Crippen LogP contribution in [0.25, 0.3) is 0 Å². The van der Waals surface area contributed by atoms with Crippen LogP contribution in [0.1, 0.15) is 12.5 Å². The van der Waals surface area contributed by atoms with Crippen molar-refractivity contribution in [3.05, 3.63) is 48.0 Å². The van der Waals surface area contributed by atoms with E-state index in [9.17, 15) is 13.2 Å². The smallest absolute Gasteiger partial charge is 0.243 e. The normalized spacial score (nSPS) is 17.3. The van der Waals surface area contributed by atoms with Crippen LogP contribution in [0.2, 0.25) is 0 Å². The molecule has 2 aliphatic heterocycles. The number of amides is 1. The first-order valence-electron chi connectivity index (χ1n) is 10.4. The molecule has 9 nitrogen and oxygen atoms in total. The molecule has 1 amide bonds. The van der Waals surface area contributed by atoms with Crippen LogP contribution in [0.4, 0.5) is 5.69 Å². The molecular formula is C22H27N3O6S. The Morgan fingerprint density at radius 1 is 1.12 bits per heavy atom. The molecule has 0 spiro atoms. The largest absolute Gasteiger partial charge is 0.454 e. The highest BCUT2D eigenvalue weighted by atomic mass is 32.2. The summed E-state index contributed by atoms with van der Waals surface area (Å²) in [5.41, 5.74) is 1.43. The fourth-order valence-electron chi connectivity index (χ4n) is 3.58. The van der Waals surface area contributed by atoms with Crippen molar-refractivity contribution in [2.24, 2.45) is 0 Å². The number of carbonyl (C=O) groups is 1. The lowest BCUT2D eigenvalue weighted by Crippen LogP contribution is -2.40. The van der Waals surface area contributed by atoms with Gasteiger partial charge in [-0.25, -0.2) is 8.42 Å². The van der Waals surface area contributed by atoms with Crippen molar-refractivity contribution in [1.29, 1.82) is 0 Å². The Hall–Kier alpha value is -2.66. The molecule has 32 heavy (non-hydrogen) atoms. The summed E-state index contributed by atoms with van der Waals surface area (Å²) in [4.78, 5) is 14.9. The third-order valence-electron chi connectivity index (χ3n) is 5.62. The van der Waals surface area contributed by atoms with E-state index in [1.54, 1.807) is 19.1 Å². The number of fused-ring (bicyclic) bond motifs is 1. The zero-order valence-corrected chi connectivity index (χ0v) is 18.9. The van der Waals surface area contributed by atoms with E-state index in [4.69, 9.17) is 14.2 Å². The quantitative estimate of drug-likeness (QED) is 0.673. The Balaban J connectivity index is 1.40. The molecule has 0 radical (unpaired) electrons. The number of nitrogens with one attached hydrogen (secondary N) is 1. The Kier molecular flexibility index (Phi) is 6.66. The van der Waals surface area contributed by atoms with Gasteiger partial charge in [0.15, 0.2) is 11.5 Å². The van der Waals surface area contributed by atoms with Crippen molar-refractivity contribution in [1.82, 2.24) is 9.21 Å². The Labute approximate surface area is 187 Å². The van der Waals surface area contributed by atoms with Gasteiger partial charge in [0.2, 0.25) is 22.7 Å². The molecule has 2 aromatic rings. The van der Waals surface area contributed by atoms with E-state index >= 15 is 0 Å². The van der Waals surface area contributed by atoms with Gasteiger partial charge in [0, 0.05) is 25.3 Å². The maximum Gasteiger partial charge on any atom is 0.243 e. The molecule has 0 unspecified atom stereocenters. The van der Waals surface area contributed by atoms with Gasteiger partial charge < -0.3 is 19.5 Å². The van der Waals surface area contributed by atoms with Gasteiger partial charge in [-0.2, -0.15) is 4.31 Å². The predicted octanol–water partition coefficient (Wildman–Crippen LogP) is 1.90. The van der Waals surface area contributed by atoms with E-state index in [1.165, 1.54) is 16.4 Å². The van der Waals surface area contributed by atoms with E-state index in [-0.39, 0.29) is 17.6 Å². The molecular weight excluding hydrogens is 434 g/mol. The lowest BCUT2D eigenvalue weighted by Gasteiger charge is -2.26. The van der Waals surface area contributed by atoms with E-state index in [0.717, 1.165) is 5.56 Å². The average Bonchev–Trinajstić information content (AvgIpc) is 3.27. The lowest BCUT2D eigenvalue weighted by atomic mass is 10.1. The number of carbonyl (C=O) groups excluding carboxylic acids is 1. The van der Waals surface area contributed by atoms with Gasteiger partial charge in [-0.1, -0.05) is 12.1 Å². The van der Waals surface area contributed by atoms with E-state index in [0.29, 0.717) is 50.0 Å². The minimum atomic E-state index is -3.63. The van der Waals surface area contributed by atoms with Crippen LogP contribution in [0.3, 0.4) is 0 Å². The maximum atomic E-state index is 12.9. The van der Waals surface area contributed by atoms with Crippen molar-refractivity contribution >= 4 is 21.6 Å². The van der Waals surface area contributed by atoms with Crippen LogP contribution < -0.4 is 14.8 Å². The number of nitrogens with zero attached hydrogens (tertiary/aromatic N) is 2. The SMILES string of the molecule is C[C@H](C(=O)Nc1cccc(S(=O)(=O)N2CCOCC2)c1)N(C)Cc1ccc2c(c1)OCO2. The maximum absolute atomic E-state index is 12.9. The molecule has 172 valence electrons. The topological polar surface area (TPSA) is 97.4 Å². The number of benzene rings is 2. The van der Waals surface area contributed by atoms with Crippen molar-refractivity contribution in [3.63, 3.8) is 0 Å². The molecule has 2 heterocycles. The molecule has 0 saturated carbocycles. The second-order valence-corrected chi connectivity index (χ2v) is 9.75. The number of anilines is 1. The Bertz CT molecular complexity index is 1080. The van der Waals surface area contributed by atoms with E-state index in [2.05, 4.69) is 5.32 Å². The molecule has 0 aliphatic carbocycles. The summed E-state index contributed by atoms with van der Waals surface area (Å²) in [5, 5.41) is 2.83. The van der Waals surface area contributed by atoms with Gasteiger partial charge in [0.25, 0.3) is 0 Å². The van der Waals surface area contributed by atoms with Crippen molar-refractivity contribution in [2.75, 3.05) is 45.5 Å². The second-order valence-electron chi connectivity index (χ2n) is 7.81. The number of likely N-dealkylation sites (N-methyl/N-ethyl adjacent to an activating group) is 1. The van der Waals surface area contributed by atoms with E-state index < -0.39 is 16.1 Å². The zero-order chi connectivity index (χ0) is 22.7. The molecule has 1 saturated heterocycles. The number of rotatable bonds is 7. The summed E-state index contributed by atoms with van der Waals surface area (Å²) < 4.78 is 43.1. The van der Waals surface area contributed by atoms with Gasteiger partial charge in [0.1, 0.15) is 0 Å². The van der Waals surface area contributed by atoms with Gasteiger partial charge in [-0.3, -0.25) is 9.69 Å². The van der Waals surface area contributed by atoms with Crippen LogP contribution in [-0.4, -0.2) is 69.7 Å². The van der Waals surface area contributed by atoms with Crippen molar-refractivity contribution in [2.45, 2.75) is 24.4 Å². The molecule has 2 aliphatic rings.